The highest BCUT2D eigenvalue weighted by Gasteiger charge is 2.36. The Kier molecular flexibility index (Phi) is 6.18. The second kappa shape index (κ2) is 9.17. The molecular weight excluding hydrogens is 376 g/mol. The summed E-state index contributed by atoms with van der Waals surface area (Å²) in [7, 11) is 0. The second-order valence-corrected chi connectivity index (χ2v) is 7.96. The van der Waals surface area contributed by atoms with Crippen LogP contribution in [0, 0.1) is 0 Å². The summed E-state index contributed by atoms with van der Waals surface area (Å²) in [5.74, 6) is 0.0243. The standard InChI is InChI=1S/C23H28N6O/c1-17(2)29-16-27-20-8-13-28(15-19-4-3-9-25-14-19)22(21(20)29)23(30)26-12-7-18-5-10-24-11-6-18/h3-6,9-11,14,16-17,22H,7-8,12-13,15H2,1-2H3,(H,26,30). The van der Waals surface area contributed by atoms with E-state index in [1.165, 1.54) is 0 Å². The van der Waals surface area contributed by atoms with Crippen LogP contribution in [0.2, 0.25) is 0 Å². The van der Waals surface area contributed by atoms with E-state index in [1.54, 1.807) is 18.6 Å². The highest BCUT2D eigenvalue weighted by molar-refractivity contribution is 5.83. The van der Waals surface area contributed by atoms with Crippen LogP contribution in [-0.2, 0) is 24.2 Å². The van der Waals surface area contributed by atoms with Crippen molar-refractivity contribution in [2.75, 3.05) is 13.1 Å². The lowest BCUT2D eigenvalue weighted by atomic mass is 10.00. The van der Waals surface area contributed by atoms with Crippen molar-refractivity contribution < 1.29 is 4.79 Å². The van der Waals surface area contributed by atoms with Crippen LogP contribution in [0.5, 0.6) is 0 Å². The maximum absolute atomic E-state index is 13.4. The third kappa shape index (κ3) is 4.41. The zero-order valence-electron chi connectivity index (χ0n) is 17.5. The van der Waals surface area contributed by atoms with E-state index < -0.39 is 0 Å². The molecule has 1 aliphatic rings. The number of nitrogens with one attached hydrogen (secondary N) is 1. The summed E-state index contributed by atoms with van der Waals surface area (Å²) in [5, 5.41) is 3.16. The summed E-state index contributed by atoms with van der Waals surface area (Å²) < 4.78 is 2.14. The maximum Gasteiger partial charge on any atom is 0.243 e. The molecule has 7 heteroatoms. The number of imidazole rings is 1. The fourth-order valence-electron chi connectivity index (χ4n) is 4.03. The van der Waals surface area contributed by atoms with Crippen LogP contribution in [0.15, 0.2) is 55.4 Å². The molecule has 0 saturated heterocycles. The molecule has 1 aliphatic heterocycles. The van der Waals surface area contributed by atoms with Crippen LogP contribution in [0.1, 0.15) is 48.4 Å². The largest absolute Gasteiger partial charge is 0.354 e. The van der Waals surface area contributed by atoms with Crippen molar-refractivity contribution in [3.63, 3.8) is 0 Å². The van der Waals surface area contributed by atoms with Gasteiger partial charge < -0.3 is 9.88 Å². The van der Waals surface area contributed by atoms with Gasteiger partial charge >= 0.3 is 0 Å². The third-order valence-electron chi connectivity index (χ3n) is 5.55. The lowest BCUT2D eigenvalue weighted by Crippen LogP contribution is -2.45. The van der Waals surface area contributed by atoms with Gasteiger partial charge in [-0.1, -0.05) is 6.07 Å². The number of hydrogen-bond acceptors (Lipinski definition) is 5. The fourth-order valence-corrected chi connectivity index (χ4v) is 4.03. The first-order valence-electron chi connectivity index (χ1n) is 10.5. The molecule has 1 amide bonds. The molecule has 7 nitrogen and oxygen atoms in total. The van der Waals surface area contributed by atoms with Gasteiger partial charge in [-0.15, -0.1) is 0 Å². The summed E-state index contributed by atoms with van der Waals surface area (Å²) in [4.78, 5) is 28.5. The van der Waals surface area contributed by atoms with Crippen molar-refractivity contribution in [3.05, 3.63) is 77.9 Å². The van der Waals surface area contributed by atoms with Crippen LogP contribution >= 0.6 is 0 Å². The minimum atomic E-state index is -0.365. The first-order valence-corrected chi connectivity index (χ1v) is 10.5. The summed E-state index contributed by atoms with van der Waals surface area (Å²) in [5.41, 5.74) is 4.31. The Morgan fingerprint density at radius 3 is 2.73 bits per heavy atom. The zero-order valence-corrected chi connectivity index (χ0v) is 17.5. The molecule has 0 aliphatic carbocycles. The van der Waals surface area contributed by atoms with Gasteiger partial charge in [-0.05, 0) is 49.6 Å². The minimum Gasteiger partial charge on any atom is -0.354 e. The van der Waals surface area contributed by atoms with Gasteiger partial charge in [-0.3, -0.25) is 19.7 Å². The number of nitrogens with zero attached hydrogens (tertiary/aromatic N) is 5. The van der Waals surface area contributed by atoms with Crippen LogP contribution < -0.4 is 5.32 Å². The molecule has 0 spiro atoms. The highest BCUT2D eigenvalue weighted by Crippen LogP contribution is 2.32. The monoisotopic (exact) mass is 404 g/mol. The third-order valence-corrected chi connectivity index (χ3v) is 5.55. The first-order chi connectivity index (χ1) is 14.6. The fraction of sp³-hybridized carbons (Fsp3) is 0.391. The van der Waals surface area contributed by atoms with Crippen LogP contribution in [-0.4, -0.2) is 43.4 Å². The lowest BCUT2D eigenvalue weighted by molar-refractivity contribution is -0.127. The number of fused-ring (bicyclic) bond motifs is 1. The molecular formula is C23H28N6O. The van der Waals surface area contributed by atoms with Crippen LogP contribution in [0.3, 0.4) is 0 Å². The van der Waals surface area contributed by atoms with Gasteiger partial charge in [0.2, 0.25) is 5.91 Å². The van der Waals surface area contributed by atoms with Crippen molar-refractivity contribution in [3.8, 4) is 0 Å². The quantitative estimate of drug-likeness (QED) is 0.655. The highest BCUT2D eigenvalue weighted by atomic mass is 16.2. The van der Waals surface area contributed by atoms with Gasteiger partial charge in [-0.25, -0.2) is 4.98 Å². The van der Waals surface area contributed by atoms with E-state index in [2.05, 4.69) is 49.6 Å². The maximum atomic E-state index is 13.4. The van der Waals surface area contributed by atoms with Gasteiger partial charge in [0.1, 0.15) is 6.04 Å². The number of amides is 1. The van der Waals surface area contributed by atoms with Gasteiger partial charge in [0, 0.05) is 56.9 Å². The molecule has 4 rings (SSSR count). The number of rotatable bonds is 7. The summed E-state index contributed by atoms with van der Waals surface area (Å²) in [6, 6.07) is 7.83. The number of carbonyl (C=O) groups excluding carboxylic acids is 1. The molecule has 3 aromatic heterocycles. The average molecular weight is 405 g/mol. The molecule has 4 heterocycles. The van der Waals surface area contributed by atoms with E-state index in [1.807, 2.05) is 30.7 Å². The van der Waals surface area contributed by atoms with Gasteiger partial charge in [-0.2, -0.15) is 0 Å². The molecule has 0 aromatic carbocycles. The van der Waals surface area contributed by atoms with Gasteiger partial charge in [0.15, 0.2) is 0 Å². The van der Waals surface area contributed by atoms with Crippen molar-refractivity contribution >= 4 is 5.91 Å². The average Bonchev–Trinajstić information content (AvgIpc) is 3.19. The van der Waals surface area contributed by atoms with E-state index in [4.69, 9.17) is 0 Å². The Morgan fingerprint density at radius 1 is 1.17 bits per heavy atom. The van der Waals surface area contributed by atoms with Crippen molar-refractivity contribution in [1.29, 1.82) is 0 Å². The molecule has 1 atom stereocenters. The van der Waals surface area contributed by atoms with Crippen LogP contribution in [0.25, 0.3) is 0 Å². The topological polar surface area (TPSA) is 75.9 Å². The molecule has 0 saturated carbocycles. The number of carbonyl (C=O) groups is 1. The van der Waals surface area contributed by atoms with Crippen molar-refractivity contribution in [2.45, 2.75) is 45.3 Å². The molecule has 1 N–H and O–H groups in total. The first kappa shape index (κ1) is 20.2. The Hall–Kier alpha value is -3.06. The Morgan fingerprint density at radius 2 is 2.00 bits per heavy atom. The second-order valence-electron chi connectivity index (χ2n) is 7.96. The van der Waals surface area contributed by atoms with Gasteiger partial charge in [0.05, 0.1) is 17.7 Å². The van der Waals surface area contributed by atoms with E-state index >= 15 is 0 Å². The predicted molar refractivity (Wildman–Crippen MR) is 115 cm³/mol. The number of hydrogen-bond donors (Lipinski definition) is 1. The molecule has 1 unspecified atom stereocenters. The SMILES string of the molecule is CC(C)n1cnc2c1C(C(=O)NCCc1ccncc1)N(Cc1cccnc1)CC2. The summed E-state index contributed by atoms with van der Waals surface area (Å²) in [6.45, 7) is 6.31. The summed E-state index contributed by atoms with van der Waals surface area (Å²) >= 11 is 0. The zero-order chi connectivity index (χ0) is 20.9. The number of aromatic nitrogens is 4. The lowest BCUT2D eigenvalue weighted by Gasteiger charge is -2.35. The molecule has 30 heavy (non-hydrogen) atoms. The van der Waals surface area contributed by atoms with Crippen molar-refractivity contribution in [2.24, 2.45) is 0 Å². The molecule has 0 radical (unpaired) electrons. The molecule has 0 bridgehead atoms. The Bertz CT molecular complexity index is 970. The smallest absolute Gasteiger partial charge is 0.243 e. The van der Waals surface area contributed by atoms with E-state index in [-0.39, 0.29) is 18.0 Å². The normalized spacial score (nSPS) is 16.4. The molecule has 3 aromatic rings. The predicted octanol–water partition coefficient (Wildman–Crippen LogP) is 2.71. The van der Waals surface area contributed by atoms with Crippen LogP contribution in [0.4, 0.5) is 0 Å². The van der Waals surface area contributed by atoms with Gasteiger partial charge in [0.25, 0.3) is 0 Å². The number of pyridine rings is 2. The summed E-state index contributed by atoms with van der Waals surface area (Å²) in [6.07, 6.45) is 10.7. The molecule has 0 fully saturated rings. The Balaban J connectivity index is 1.56. The Labute approximate surface area is 177 Å². The van der Waals surface area contributed by atoms with E-state index in [0.29, 0.717) is 13.1 Å². The van der Waals surface area contributed by atoms with Crippen molar-refractivity contribution in [1.82, 2.24) is 29.7 Å². The van der Waals surface area contributed by atoms with E-state index in [0.717, 1.165) is 41.9 Å². The molecule has 156 valence electrons. The minimum absolute atomic E-state index is 0.0243. The van der Waals surface area contributed by atoms with E-state index in [9.17, 15) is 4.79 Å².